The zero-order valence-electron chi connectivity index (χ0n) is 12.8. The van der Waals surface area contributed by atoms with E-state index in [1.807, 2.05) is 0 Å². The van der Waals surface area contributed by atoms with Crippen molar-refractivity contribution in [2.24, 2.45) is 5.73 Å². The topological polar surface area (TPSA) is 29.3 Å². The number of hydrogen-bond donors (Lipinski definition) is 1. The largest absolute Gasteiger partial charge is 0.374 e. The molecule has 0 bridgehead atoms. The number of anilines is 1. The highest BCUT2D eigenvalue weighted by Crippen LogP contribution is 2.24. The van der Waals surface area contributed by atoms with Crippen molar-refractivity contribution in [3.8, 4) is 0 Å². The van der Waals surface area contributed by atoms with E-state index < -0.39 is 0 Å². The maximum absolute atomic E-state index is 6.02. The third-order valence-corrected chi connectivity index (χ3v) is 3.76. The number of aryl methyl sites for hydroxylation is 1. The molecule has 0 saturated carbocycles. The normalized spacial score (nSPS) is 11.7. The van der Waals surface area contributed by atoms with Crippen molar-refractivity contribution in [1.29, 1.82) is 0 Å². The Morgan fingerprint density at radius 1 is 1.11 bits per heavy atom. The molecule has 0 amide bonds. The quantitative estimate of drug-likeness (QED) is 0.863. The lowest BCUT2D eigenvalue weighted by molar-refractivity contribution is 0.460. The second kappa shape index (κ2) is 5.75. The first-order valence-corrected chi connectivity index (χ1v) is 6.79. The summed E-state index contributed by atoms with van der Waals surface area (Å²) in [5, 5.41) is 0. The van der Waals surface area contributed by atoms with Gasteiger partial charge in [0.2, 0.25) is 0 Å². The molecule has 0 radical (unpaired) electrons. The Labute approximate surface area is 112 Å². The molecule has 2 N–H and O–H groups in total. The van der Waals surface area contributed by atoms with Crippen LogP contribution in [-0.4, -0.2) is 19.1 Å². The molecule has 0 fully saturated rings. The highest BCUT2D eigenvalue weighted by atomic mass is 15.1. The Morgan fingerprint density at radius 3 is 2.28 bits per heavy atom. The number of nitrogens with zero attached hydrogens (tertiary/aromatic N) is 1. The van der Waals surface area contributed by atoms with Gasteiger partial charge in [-0.2, -0.15) is 0 Å². The summed E-state index contributed by atoms with van der Waals surface area (Å²) in [7, 11) is 2.17. The van der Waals surface area contributed by atoms with Crippen LogP contribution in [0.5, 0.6) is 0 Å². The zero-order valence-corrected chi connectivity index (χ0v) is 12.8. The molecule has 0 atom stereocenters. The van der Waals surface area contributed by atoms with Gasteiger partial charge in [0, 0.05) is 24.8 Å². The lowest BCUT2D eigenvalue weighted by Gasteiger charge is -2.25. The molecule has 2 nitrogen and oxygen atoms in total. The highest BCUT2D eigenvalue weighted by Gasteiger charge is 2.12. The molecular weight excluding hydrogens is 220 g/mol. The van der Waals surface area contributed by atoms with Crippen LogP contribution < -0.4 is 10.6 Å². The second-order valence-electron chi connectivity index (χ2n) is 6.17. The predicted octanol–water partition coefficient (Wildman–Crippen LogP) is 3.57. The number of rotatable bonds is 5. The molecule has 0 saturated heterocycles. The van der Waals surface area contributed by atoms with Gasteiger partial charge in [0.1, 0.15) is 0 Å². The van der Waals surface area contributed by atoms with Gasteiger partial charge >= 0.3 is 0 Å². The molecule has 0 aromatic heterocycles. The Balaban J connectivity index is 2.68. The maximum atomic E-state index is 6.02. The third kappa shape index (κ3) is 4.02. The first kappa shape index (κ1) is 15.0. The van der Waals surface area contributed by atoms with E-state index in [1.54, 1.807) is 0 Å². The molecular formula is C16H28N2. The summed E-state index contributed by atoms with van der Waals surface area (Å²) in [6.07, 6.45) is 2.19. The van der Waals surface area contributed by atoms with Crippen molar-refractivity contribution in [2.45, 2.75) is 53.0 Å². The van der Waals surface area contributed by atoms with E-state index >= 15 is 0 Å². The second-order valence-corrected chi connectivity index (χ2v) is 6.17. The molecule has 18 heavy (non-hydrogen) atoms. The number of benzene rings is 1. The van der Waals surface area contributed by atoms with Crippen molar-refractivity contribution >= 4 is 5.69 Å². The zero-order chi connectivity index (χ0) is 13.9. The van der Waals surface area contributed by atoms with Crippen LogP contribution in [0, 0.1) is 20.8 Å². The van der Waals surface area contributed by atoms with Gasteiger partial charge in [-0.05, 0) is 70.2 Å². The first-order valence-electron chi connectivity index (χ1n) is 6.79. The summed E-state index contributed by atoms with van der Waals surface area (Å²) in [6.45, 7) is 11.8. The van der Waals surface area contributed by atoms with Gasteiger partial charge in [0.25, 0.3) is 0 Å². The molecule has 0 aliphatic rings. The van der Waals surface area contributed by atoms with Crippen LogP contribution in [0.25, 0.3) is 0 Å². The average molecular weight is 248 g/mol. The highest BCUT2D eigenvalue weighted by molar-refractivity contribution is 5.57. The van der Waals surface area contributed by atoms with Crippen molar-refractivity contribution in [1.82, 2.24) is 0 Å². The van der Waals surface area contributed by atoms with E-state index in [1.165, 1.54) is 22.4 Å². The van der Waals surface area contributed by atoms with Crippen molar-refractivity contribution in [3.05, 3.63) is 28.8 Å². The van der Waals surface area contributed by atoms with Crippen LogP contribution in [0.3, 0.4) is 0 Å². The standard InChI is InChI=1S/C16H28N2/c1-12-8-9-15(14(3)13(12)2)18(6)11-7-10-16(4,5)17/h8-9H,7,10-11,17H2,1-6H3. The van der Waals surface area contributed by atoms with Gasteiger partial charge in [0.15, 0.2) is 0 Å². The van der Waals surface area contributed by atoms with Crippen LogP contribution >= 0.6 is 0 Å². The van der Waals surface area contributed by atoms with Gasteiger partial charge in [-0.3, -0.25) is 0 Å². The first-order chi connectivity index (χ1) is 8.22. The lowest BCUT2D eigenvalue weighted by Crippen LogP contribution is -2.33. The summed E-state index contributed by atoms with van der Waals surface area (Å²) in [4.78, 5) is 2.34. The van der Waals surface area contributed by atoms with E-state index in [0.29, 0.717) is 0 Å². The smallest absolute Gasteiger partial charge is 0.0396 e. The van der Waals surface area contributed by atoms with E-state index in [0.717, 1.165) is 19.4 Å². The van der Waals surface area contributed by atoms with Gasteiger partial charge in [-0.15, -0.1) is 0 Å². The predicted molar refractivity (Wildman–Crippen MR) is 81.4 cm³/mol. The summed E-state index contributed by atoms with van der Waals surface area (Å²) < 4.78 is 0. The molecule has 0 spiro atoms. The minimum Gasteiger partial charge on any atom is -0.374 e. The molecule has 0 aliphatic carbocycles. The molecule has 2 heteroatoms. The average Bonchev–Trinajstić information content (AvgIpc) is 2.24. The van der Waals surface area contributed by atoms with Crippen LogP contribution in [0.15, 0.2) is 12.1 Å². The molecule has 0 aliphatic heterocycles. The van der Waals surface area contributed by atoms with E-state index in [2.05, 4.69) is 58.7 Å². The number of hydrogen-bond acceptors (Lipinski definition) is 2. The summed E-state index contributed by atoms with van der Waals surface area (Å²) in [5.74, 6) is 0. The van der Waals surface area contributed by atoms with Gasteiger partial charge in [-0.25, -0.2) is 0 Å². The van der Waals surface area contributed by atoms with Crippen LogP contribution in [0.4, 0.5) is 5.69 Å². The third-order valence-electron chi connectivity index (χ3n) is 3.76. The SMILES string of the molecule is Cc1ccc(N(C)CCCC(C)(C)N)c(C)c1C. The molecule has 1 rings (SSSR count). The molecule has 1 aromatic carbocycles. The van der Waals surface area contributed by atoms with Gasteiger partial charge in [0.05, 0.1) is 0 Å². The van der Waals surface area contributed by atoms with Crippen molar-refractivity contribution < 1.29 is 0 Å². The fraction of sp³-hybridized carbons (Fsp3) is 0.625. The Morgan fingerprint density at radius 2 is 1.72 bits per heavy atom. The van der Waals surface area contributed by atoms with Crippen molar-refractivity contribution in [2.75, 3.05) is 18.5 Å². The van der Waals surface area contributed by atoms with Gasteiger partial charge < -0.3 is 10.6 Å². The lowest BCUT2D eigenvalue weighted by atomic mass is 9.99. The van der Waals surface area contributed by atoms with Crippen LogP contribution in [0.1, 0.15) is 43.4 Å². The van der Waals surface area contributed by atoms with E-state index in [9.17, 15) is 0 Å². The molecule has 102 valence electrons. The Hall–Kier alpha value is -1.02. The minimum atomic E-state index is -0.0565. The number of nitrogens with two attached hydrogens (primary N) is 1. The Bertz CT molecular complexity index is 402. The van der Waals surface area contributed by atoms with Crippen LogP contribution in [-0.2, 0) is 0 Å². The van der Waals surface area contributed by atoms with E-state index in [-0.39, 0.29) is 5.54 Å². The maximum Gasteiger partial charge on any atom is 0.0396 e. The minimum absolute atomic E-state index is 0.0565. The Kier molecular flexibility index (Phi) is 4.80. The van der Waals surface area contributed by atoms with Crippen molar-refractivity contribution in [3.63, 3.8) is 0 Å². The van der Waals surface area contributed by atoms with Gasteiger partial charge in [-0.1, -0.05) is 6.07 Å². The fourth-order valence-corrected chi connectivity index (χ4v) is 2.25. The summed E-state index contributed by atoms with van der Waals surface area (Å²) in [5.41, 5.74) is 11.5. The molecule has 0 heterocycles. The van der Waals surface area contributed by atoms with Crippen LogP contribution in [0.2, 0.25) is 0 Å². The molecule has 0 unspecified atom stereocenters. The van der Waals surface area contributed by atoms with E-state index in [4.69, 9.17) is 5.73 Å². The summed E-state index contributed by atoms with van der Waals surface area (Å²) in [6, 6.07) is 4.44. The molecule has 1 aromatic rings. The summed E-state index contributed by atoms with van der Waals surface area (Å²) >= 11 is 0. The monoisotopic (exact) mass is 248 g/mol. The fourth-order valence-electron chi connectivity index (χ4n) is 2.25.